The minimum atomic E-state index is -0.440. The van der Waals surface area contributed by atoms with E-state index in [0.717, 1.165) is 18.5 Å². The fourth-order valence-electron chi connectivity index (χ4n) is 3.66. The maximum Gasteiger partial charge on any atom is 0.160 e. The Hall–Kier alpha value is -1.56. The van der Waals surface area contributed by atoms with Gasteiger partial charge in [0, 0.05) is 11.5 Å². The molecule has 114 valence electrons. The fourth-order valence-corrected chi connectivity index (χ4v) is 3.66. The summed E-state index contributed by atoms with van der Waals surface area (Å²) >= 11 is 0. The van der Waals surface area contributed by atoms with Crippen LogP contribution in [-0.2, 0) is 12.0 Å². The number of benzene rings is 1. The van der Waals surface area contributed by atoms with E-state index in [0.29, 0.717) is 17.7 Å². The van der Waals surface area contributed by atoms with Gasteiger partial charge < -0.3 is 25.4 Å². The molecule has 1 aliphatic carbocycles. The average Bonchev–Trinajstić information content (AvgIpc) is 2.90. The number of phenolic OH excluding ortho intramolecular Hbond substituents is 1. The maximum atomic E-state index is 9.92. The van der Waals surface area contributed by atoms with E-state index in [9.17, 15) is 15.3 Å². The molecule has 2 aliphatic rings. The molecule has 1 aromatic rings. The smallest absolute Gasteiger partial charge is 0.160 e. The Bertz CT molecular complexity index is 572. The van der Waals surface area contributed by atoms with Gasteiger partial charge in [0.2, 0.25) is 0 Å². The lowest BCUT2D eigenvalue weighted by molar-refractivity contribution is 0.174. The summed E-state index contributed by atoms with van der Waals surface area (Å²) in [6, 6.07) is 3.50. The normalized spacial score (nSPS) is 31.2. The summed E-state index contributed by atoms with van der Waals surface area (Å²) in [5, 5.41) is 32.9. The van der Waals surface area contributed by atoms with Crippen LogP contribution in [0, 0.1) is 0 Å². The predicted octanol–water partition coefficient (Wildman–Crippen LogP) is 0.814. The molecule has 0 radical (unpaired) electrons. The van der Waals surface area contributed by atoms with E-state index >= 15 is 0 Å². The highest BCUT2D eigenvalue weighted by Gasteiger charge is 2.46. The Morgan fingerprint density at radius 1 is 1.43 bits per heavy atom. The highest BCUT2D eigenvalue weighted by atomic mass is 16.5. The molecule has 21 heavy (non-hydrogen) atoms. The molecule has 4 N–H and O–H groups in total. The van der Waals surface area contributed by atoms with E-state index in [-0.39, 0.29) is 23.8 Å². The zero-order valence-electron chi connectivity index (χ0n) is 12.0. The Morgan fingerprint density at radius 2 is 2.24 bits per heavy atom. The van der Waals surface area contributed by atoms with E-state index in [1.807, 2.05) is 18.2 Å². The van der Waals surface area contributed by atoms with Crippen LogP contribution in [0.2, 0.25) is 0 Å². The molecule has 0 aromatic heterocycles. The SMILES string of the molecule is COc1cc(C23C=C[C@H](O)C[C@@H]2NCC3)c(CO)cc1O. The van der Waals surface area contributed by atoms with E-state index in [4.69, 9.17) is 4.74 Å². The molecule has 5 heteroatoms. The van der Waals surface area contributed by atoms with Crippen molar-refractivity contribution >= 4 is 0 Å². The molecular weight excluding hydrogens is 270 g/mol. The number of phenols is 1. The van der Waals surface area contributed by atoms with Crippen LogP contribution in [0.1, 0.15) is 24.0 Å². The average molecular weight is 291 g/mol. The van der Waals surface area contributed by atoms with Crippen LogP contribution in [0.4, 0.5) is 0 Å². The third-order valence-corrected chi connectivity index (χ3v) is 4.72. The van der Waals surface area contributed by atoms with E-state index in [2.05, 4.69) is 5.32 Å². The first-order valence-electron chi connectivity index (χ1n) is 7.22. The first kappa shape index (κ1) is 14.4. The monoisotopic (exact) mass is 291 g/mol. The van der Waals surface area contributed by atoms with E-state index in [1.54, 1.807) is 6.07 Å². The van der Waals surface area contributed by atoms with Crippen LogP contribution in [0.3, 0.4) is 0 Å². The number of ether oxygens (including phenoxy) is 1. The molecule has 1 aliphatic heterocycles. The number of nitrogens with one attached hydrogen (secondary N) is 1. The van der Waals surface area contributed by atoms with Gasteiger partial charge in [-0.3, -0.25) is 0 Å². The van der Waals surface area contributed by atoms with Crippen LogP contribution < -0.4 is 10.1 Å². The van der Waals surface area contributed by atoms with Gasteiger partial charge in [0.15, 0.2) is 11.5 Å². The largest absolute Gasteiger partial charge is 0.504 e. The lowest BCUT2D eigenvalue weighted by atomic mass is 9.68. The van der Waals surface area contributed by atoms with Crippen LogP contribution in [0.25, 0.3) is 0 Å². The van der Waals surface area contributed by atoms with Gasteiger partial charge in [-0.2, -0.15) is 0 Å². The number of aliphatic hydroxyl groups excluding tert-OH is 2. The van der Waals surface area contributed by atoms with Gasteiger partial charge in [-0.1, -0.05) is 12.2 Å². The molecule has 1 saturated heterocycles. The maximum absolute atomic E-state index is 9.92. The number of hydrogen-bond acceptors (Lipinski definition) is 5. The number of rotatable bonds is 3. The second-order valence-corrected chi connectivity index (χ2v) is 5.80. The van der Waals surface area contributed by atoms with Crippen molar-refractivity contribution in [2.45, 2.75) is 37.0 Å². The third-order valence-electron chi connectivity index (χ3n) is 4.72. The molecule has 5 nitrogen and oxygen atoms in total. The zero-order chi connectivity index (χ0) is 15.0. The molecule has 1 heterocycles. The van der Waals surface area contributed by atoms with Crippen molar-refractivity contribution in [3.63, 3.8) is 0 Å². The molecule has 1 unspecified atom stereocenters. The first-order chi connectivity index (χ1) is 10.1. The molecule has 3 rings (SSSR count). The van der Waals surface area contributed by atoms with Crippen LogP contribution in [0.15, 0.2) is 24.3 Å². The Kier molecular flexibility index (Phi) is 3.65. The number of fused-ring (bicyclic) bond motifs is 1. The van der Waals surface area contributed by atoms with E-state index in [1.165, 1.54) is 7.11 Å². The van der Waals surface area contributed by atoms with Crippen molar-refractivity contribution in [1.82, 2.24) is 5.32 Å². The molecule has 3 atom stereocenters. The van der Waals surface area contributed by atoms with Crippen molar-refractivity contribution in [3.8, 4) is 11.5 Å². The van der Waals surface area contributed by atoms with Crippen LogP contribution >= 0.6 is 0 Å². The topological polar surface area (TPSA) is 82.0 Å². The lowest BCUT2D eigenvalue weighted by Gasteiger charge is -2.38. The third kappa shape index (κ3) is 2.21. The molecule has 1 fully saturated rings. The van der Waals surface area contributed by atoms with Gasteiger partial charge in [-0.05, 0) is 42.6 Å². The zero-order valence-corrected chi connectivity index (χ0v) is 12.0. The molecule has 0 amide bonds. The highest BCUT2D eigenvalue weighted by molar-refractivity contribution is 5.52. The number of hydrogen-bond donors (Lipinski definition) is 4. The van der Waals surface area contributed by atoms with Gasteiger partial charge in [0.05, 0.1) is 19.8 Å². The summed E-state index contributed by atoms with van der Waals surface area (Å²) in [6.07, 6.45) is 4.96. The minimum absolute atomic E-state index is 0.0315. The molecule has 0 spiro atoms. The Morgan fingerprint density at radius 3 is 2.95 bits per heavy atom. The van der Waals surface area contributed by atoms with Crippen molar-refractivity contribution < 1.29 is 20.1 Å². The standard InChI is InChI=1S/C16H21NO4/c1-21-14-8-12(10(9-18)6-13(14)20)16-3-2-11(19)7-15(16)17-5-4-16/h2-3,6,8,11,15,17-20H,4-5,7,9H2,1H3/t11-,15-,16?/m0/s1. The first-order valence-corrected chi connectivity index (χ1v) is 7.22. The van der Waals surface area contributed by atoms with Crippen molar-refractivity contribution in [2.24, 2.45) is 0 Å². The second-order valence-electron chi connectivity index (χ2n) is 5.80. The number of aliphatic hydroxyl groups is 2. The number of methoxy groups -OCH3 is 1. The summed E-state index contributed by atoms with van der Waals surface area (Å²) in [6.45, 7) is 0.716. The molecular formula is C16H21NO4. The Labute approximate surface area is 123 Å². The summed E-state index contributed by atoms with van der Waals surface area (Å²) in [5.41, 5.74) is 1.39. The van der Waals surface area contributed by atoms with Gasteiger partial charge in [0.25, 0.3) is 0 Å². The quantitative estimate of drug-likeness (QED) is 0.620. The summed E-state index contributed by atoms with van der Waals surface area (Å²) < 4.78 is 5.22. The summed E-state index contributed by atoms with van der Waals surface area (Å²) in [7, 11) is 1.51. The van der Waals surface area contributed by atoms with Crippen molar-refractivity contribution in [1.29, 1.82) is 0 Å². The predicted molar refractivity (Wildman–Crippen MR) is 78.4 cm³/mol. The highest BCUT2D eigenvalue weighted by Crippen LogP contribution is 2.45. The van der Waals surface area contributed by atoms with Crippen LogP contribution in [-0.4, -0.2) is 41.1 Å². The minimum Gasteiger partial charge on any atom is -0.504 e. The Balaban J connectivity index is 2.16. The van der Waals surface area contributed by atoms with Gasteiger partial charge >= 0.3 is 0 Å². The van der Waals surface area contributed by atoms with Gasteiger partial charge in [-0.25, -0.2) is 0 Å². The van der Waals surface area contributed by atoms with Crippen LogP contribution in [0.5, 0.6) is 11.5 Å². The lowest BCUT2D eigenvalue weighted by Crippen LogP contribution is -2.44. The fraction of sp³-hybridized carbons (Fsp3) is 0.500. The van der Waals surface area contributed by atoms with Crippen molar-refractivity contribution in [3.05, 3.63) is 35.4 Å². The molecule has 0 bridgehead atoms. The molecule has 0 saturated carbocycles. The van der Waals surface area contributed by atoms with E-state index < -0.39 is 6.10 Å². The second kappa shape index (κ2) is 5.33. The van der Waals surface area contributed by atoms with Gasteiger partial charge in [-0.15, -0.1) is 0 Å². The number of aromatic hydroxyl groups is 1. The molecule has 1 aromatic carbocycles. The summed E-state index contributed by atoms with van der Waals surface area (Å²) in [4.78, 5) is 0. The van der Waals surface area contributed by atoms with Gasteiger partial charge in [0.1, 0.15) is 0 Å². The van der Waals surface area contributed by atoms with Crippen molar-refractivity contribution in [2.75, 3.05) is 13.7 Å². The summed E-state index contributed by atoms with van der Waals surface area (Å²) in [5.74, 6) is 0.436.